The van der Waals surface area contributed by atoms with Crippen molar-refractivity contribution in [1.82, 2.24) is 10.2 Å². The Bertz CT molecular complexity index is 1250. The molecule has 1 unspecified atom stereocenters. The second-order valence-corrected chi connectivity index (χ2v) is 9.37. The average Bonchev–Trinajstić information content (AvgIpc) is 3.23. The number of thioether (sulfide) groups is 1. The SMILES string of the molecule is Cc1nnc(NC(=O)C(Sc2ccc(NC(=O)c3ccc(F)cc3)cc2)c2ccccc2)s1. The molecule has 33 heavy (non-hydrogen) atoms. The third kappa shape index (κ3) is 6.03. The summed E-state index contributed by atoms with van der Waals surface area (Å²) >= 11 is 2.71. The van der Waals surface area contributed by atoms with Gasteiger partial charge in [-0.25, -0.2) is 4.39 Å². The second kappa shape index (κ2) is 10.4. The number of rotatable bonds is 7. The number of hydrogen-bond acceptors (Lipinski definition) is 6. The average molecular weight is 479 g/mol. The number of benzene rings is 3. The molecule has 0 bridgehead atoms. The van der Waals surface area contributed by atoms with Gasteiger partial charge in [-0.3, -0.25) is 14.9 Å². The first kappa shape index (κ1) is 22.6. The minimum atomic E-state index is -0.505. The molecule has 0 spiro atoms. The molecule has 1 aromatic heterocycles. The zero-order chi connectivity index (χ0) is 23.2. The van der Waals surface area contributed by atoms with Gasteiger partial charge < -0.3 is 5.32 Å². The number of nitrogens with zero attached hydrogens (tertiary/aromatic N) is 2. The van der Waals surface area contributed by atoms with Crippen LogP contribution in [0.5, 0.6) is 0 Å². The lowest BCUT2D eigenvalue weighted by atomic mass is 10.1. The third-order valence-corrected chi connectivity index (χ3v) is 6.59. The van der Waals surface area contributed by atoms with Gasteiger partial charge in [0.15, 0.2) is 0 Å². The fraction of sp³-hybridized carbons (Fsp3) is 0.0833. The Morgan fingerprint density at radius 3 is 2.24 bits per heavy atom. The van der Waals surface area contributed by atoms with E-state index in [9.17, 15) is 14.0 Å². The van der Waals surface area contributed by atoms with E-state index in [0.717, 1.165) is 15.5 Å². The normalized spacial score (nSPS) is 11.6. The van der Waals surface area contributed by atoms with Gasteiger partial charge >= 0.3 is 0 Å². The molecule has 2 N–H and O–H groups in total. The first-order valence-corrected chi connectivity index (χ1v) is 11.7. The summed E-state index contributed by atoms with van der Waals surface area (Å²) in [5.41, 5.74) is 1.82. The lowest BCUT2D eigenvalue weighted by molar-refractivity contribution is -0.115. The summed E-state index contributed by atoms with van der Waals surface area (Å²) in [4.78, 5) is 26.2. The van der Waals surface area contributed by atoms with E-state index < -0.39 is 11.1 Å². The van der Waals surface area contributed by atoms with Crippen molar-refractivity contribution < 1.29 is 14.0 Å². The van der Waals surface area contributed by atoms with E-state index >= 15 is 0 Å². The van der Waals surface area contributed by atoms with Crippen LogP contribution >= 0.6 is 23.1 Å². The summed E-state index contributed by atoms with van der Waals surface area (Å²) in [6, 6.07) is 22.0. The van der Waals surface area contributed by atoms with Crippen molar-refractivity contribution >= 4 is 45.7 Å². The van der Waals surface area contributed by atoms with Crippen LogP contribution in [0.2, 0.25) is 0 Å². The molecule has 2 amide bonds. The molecule has 1 heterocycles. The van der Waals surface area contributed by atoms with E-state index in [4.69, 9.17) is 0 Å². The molecule has 0 fully saturated rings. The van der Waals surface area contributed by atoms with Crippen LogP contribution in [0.15, 0.2) is 83.8 Å². The first-order chi connectivity index (χ1) is 16.0. The maximum absolute atomic E-state index is 13.1. The van der Waals surface area contributed by atoms with Crippen LogP contribution in [0.3, 0.4) is 0 Å². The van der Waals surface area contributed by atoms with E-state index in [-0.39, 0.29) is 11.8 Å². The predicted molar refractivity (Wildman–Crippen MR) is 129 cm³/mol. The number of halogens is 1. The molecule has 3 aromatic carbocycles. The monoisotopic (exact) mass is 478 g/mol. The maximum Gasteiger partial charge on any atom is 0.255 e. The molecule has 4 rings (SSSR count). The number of amides is 2. The predicted octanol–water partition coefficient (Wildman–Crippen LogP) is 5.71. The summed E-state index contributed by atoms with van der Waals surface area (Å²) in [5.74, 6) is -0.925. The molecule has 0 aliphatic heterocycles. The standard InChI is InChI=1S/C24H19FN4O2S2/c1-15-28-29-24(32-15)27-23(31)21(16-5-3-2-4-6-16)33-20-13-11-19(12-14-20)26-22(30)17-7-9-18(25)10-8-17/h2-14,21H,1H3,(H,26,30)(H,27,29,31). The number of anilines is 2. The van der Waals surface area contributed by atoms with Crippen LogP contribution in [0, 0.1) is 12.7 Å². The highest BCUT2D eigenvalue weighted by Gasteiger charge is 2.23. The van der Waals surface area contributed by atoms with Gasteiger partial charge in [0, 0.05) is 16.1 Å². The van der Waals surface area contributed by atoms with Crippen molar-refractivity contribution in [3.63, 3.8) is 0 Å². The van der Waals surface area contributed by atoms with E-state index in [1.807, 2.05) is 49.4 Å². The molecular weight excluding hydrogens is 459 g/mol. The number of carbonyl (C=O) groups excluding carboxylic acids is 2. The summed E-state index contributed by atoms with van der Waals surface area (Å²) < 4.78 is 13.1. The van der Waals surface area contributed by atoms with Gasteiger partial charge in [-0.15, -0.1) is 22.0 Å². The molecule has 166 valence electrons. The van der Waals surface area contributed by atoms with Crippen LogP contribution in [0.4, 0.5) is 15.2 Å². The highest BCUT2D eigenvalue weighted by molar-refractivity contribution is 8.00. The number of nitrogens with one attached hydrogen (secondary N) is 2. The minimum Gasteiger partial charge on any atom is -0.322 e. The van der Waals surface area contributed by atoms with E-state index in [0.29, 0.717) is 16.4 Å². The second-order valence-electron chi connectivity index (χ2n) is 7.01. The number of carbonyl (C=O) groups is 2. The Morgan fingerprint density at radius 1 is 0.909 bits per heavy atom. The Balaban J connectivity index is 1.47. The van der Waals surface area contributed by atoms with Crippen molar-refractivity contribution in [2.24, 2.45) is 0 Å². The molecule has 0 aliphatic rings. The molecule has 1 atom stereocenters. The van der Waals surface area contributed by atoms with E-state index in [1.54, 1.807) is 12.1 Å². The van der Waals surface area contributed by atoms with Crippen molar-refractivity contribution in [3.8, 4) is 0 Å². The van der Waals surface area contributed by atoms with Crippen molar-refractivity contribution in [2.45, 2.75) is 17.1 Å². The largest absolute Gasteiger partial charge is 0.322 e. The quantitative estimate of drug-likeness (QED) is 0.333. The van der Waals surface area contributed by atoms with Crippen LogP contribution in [0.25, 0.3) is 0 Å². The molecule has 0 saturated heterocycles. The molecule has 0 saturated carbocycles. The summed E-state index contributed by atoms with van der Waals surface area (Å²) in [7, 11) is 0. The minimum absolute atomic E-state index is 0.198. The third-order valence-electron chi connectivity index (χ3n) is 4.57. The van der Waals surface area contributed by atoms with Gasteiger partial charge in [0.2, 0.25) is 11.0 Å². The van der Waals surface area contributed by atoms with Gasteiger partial charge in [0.25, 0.3) is 5.91 Å². The van der Waals surface area contributed by atoms with Crippen molar-refractivity contribution in [1.29, 1.82) is 0 Å². The smallest absolute Gasteiger partial charge is 0.255 e. The topological polar surface area (TPSA) is 84.0 Å². The lowest BCUT2D eigenvalue weighted by Gasteiger charge is -2.16. The number of aryl methyl sites for hydroxylation is 1. The fourth-order valence-electron chi connectivity index (χ4n) is 2.98. The van der Waals surface area contributed by atoms with Gasteiger partial charge in [-0.05, 0) is 61.0 Å². The Morgan fingerprint density at radius 2 is 1.61 bits per heavy atom. The lowest BCUT2D eigenvalue weighted by Crippen LogP contribution is -2.19. The molecule has 0 radical (unpaired) electrons. The van der Waals surface area contributed by atoms with E-state index in [1.165, 1.54) is 47.4 Å². The van der Waals surface area contributed by atoms with Crippen LogP contribution in [-0.4, -0.2) is 22.0 Å². The molecular formula is C24H19FN4O2S2. The fourth-order valence-corrected chi connectivity index (χ4v) is 4.60. The Kier molecular flexibility index (Phi) is 7.11. The number of hydrogen-bond donors (Lipinski definition) is 2. The van der Waals surface area contributed by atoms with E-state index in [2.05, 4.69) is 20.8 Å². The van der Waals surface area contributed by atoms with Crippen molar-refractivity contribution in [2.75, 3.05) is 10.6 Å². The Hall–Kier alpha value is -3.56. The maximum atomic E-state index is 13.1. The highest BCUT2D eigenvalue weighted by atomic mass is 32.2. The first-order valence-electron chi connectivity index (χ1n) is 9.97. The zero-order valence-corrected chi connectivity index (χ0v) is 19.1. The van der Waals surface area contributed by atoms with Gasteiger partial charge in [0.1, 0.15) is 16.1 Å². The van der Waals surface area contributed by atoms with Gasteiger partial charge in [-0.1, -0.05) is 41.7 Å². The summed E-state index contributed by atoms with van der Waals surface area (Å²) in [6.45, 7) is 1.83. The van der Waals surface area contributed by atoms with Gasteiger partial charge in [-0.2, -0.15) is 0 Å². The summed E-state index contributed by atoms with van der Waals surface area (Å²) in [6.07, 6.45) is 0. The van der Waals surface area contributed by atoms with Crippen LogP contribution < -0.4 is 10.6 Å². The highest BCUT2D eigenvalue weighted by Crippen LogP contribution is 2.37. The van der Waals surface area contributed by atoms with Crippen LogP contribution in [0.1, 0.15) is 26.2 Å². The molecule has 0 aliphatic carbocycles. The number of aromatic nitrogens is 2. The summed E-state index contributed by atoms with van der Waals surface area (Å²) in [5, 5.41) is 14.3. The van der Waals surface area contributed by atoms with Crippen molar-refractivity contribution in [3.05, 3.63) is 101 Å². The molecule has 4 aromatic rings. The Labute approximate surface area is 198 Å². The van der Waals surface area contributed by atoms with Crippen LogP contribution in [-0.2, 0) is 4.79 Å². The molecule has 6 nitrogen and oxygen atoms in total. The molecule has 9 heteroatoms. The van der Waals surface area contributed by atoms with Gasteiger partial charge in [0.05, 0.1) is 0 Å². The zero-order valence-electron chi connectivity index (χ0n) is 17.5.